The molecule has 1 amide bonds. The van der Waals surface area contributed by atoms with Crippen LogP contribution in [0.25, 0.3) is 5.76 Å². The summed E-state index contributed by atoms with van der Waals surface area (Å²) < 4.78 is 10.8. The smallest absolute Gasteiger partial charge is 0.300 e. The second-order valence-electron chi connectivity index (χ2n) is 9.41. The largest absolute Gasteiger partial charge is 0.507 e. The van der Waals surface area contributed by atoms with Crippen molar-refractivity contribution >= 4 is 34.5 Å². The molecule has 1 saturated heterocycles. The van der Waals surface area contributed by atoms with Crippen molar-refractivity contribution in [3.05, 3.63) is 83.4 Å². The van der Waals surface area contributed by atoms with Gasteiger partial charge in [-0.2, -0.15) is 0 Å². The first kappa shape index (κ1) is 27.6. The molecule has 1 atom stereocenters. The molecule has 0 aliphatic carbocycles. The molecule has 1 aliphatic heterocycles. The van der Waals surface area contributed by atoms with Crippen molar-refractivity contribution in [1.82, 2.24) is 0 Å². The minimum Gasteiger partial charge on any atom is -0.507 e. The van der Waals surface area contributed by atoms with Crippen LogP contribution in [0.4, 0.5) is 17.1 Å². The lowest BCUT2D eigenvalue weighted by atomic mass is 9.94. The predicted molar refractivity (Wildman–Crippen MR) is 155 cm³/mol. The number of ketones is 1. The zero-order valence-electron chi connectivity index (χ0n) is 23.3. The molecule has 0 radical (unpaired) electrons. The number of hydrogen-bond donors (Lipinski definition) is 1. The molecule has 1 unspecified atom stereocenters. The summed E-state index contributed by atoms with van der Waals surface area (Å²) in [7, 11) is 6.85. The van der Waals surface area contributed by atoms with E-state index < -0.39 is 17.7 Å². The predicted octanol–water partition coefficient (Wildman–Crippen LogP) is 5.24. The van der Waals surface area contributed by atoms with Crippen LogP contribution in [0.3, 0.4) is 0 Å². The SMILES string of the molecule is CCN(CC)c1ccc(C2/C(=C(\O)c3cc(OC)ccc3OC)C(=O)C(=O)N2c2ccc(N(C)C)cc2)cc1. The van der Waals surface area contributed by atoms with Crippen LogP contribution in [0.2, 0.25) is 0 Å². The third kappa shape index (κ3) is 5.14. The summed E-state index contributed by atoms with van der Waals surface area (Å²) in [4.78, 5) is 32.8. The van der Waals surface area contributed by atoms with Gasteiger partial charge in [-0.05, 0) is 74.0 Å². The Labute approximate surface area is 229 Å². The molecule has 4 rings (SSSR count). The highest BCUT2D eigenvalue weighted by Crippen LogP contribution is 2.44. The number of aliphatic hydroxyl groups is 1. The average Bonchev–Trinajstić information content (AvgIpc) is 3.23. The lowest BCUT2D eigenvalue weighted by Crippen LogP contribution is -2.29. The van der Waals surface area contributed by atoms with Crippen LogP contribution in [0.1, 0.15) is 31.0 Å². The van der Waals surface area contributed by atoms with E-state index >= 15 is 0 Å². The van der Waals surface area contributed by atoms with Gasteiger partial charge in [0.05, 0.1) is 31.4 Å². The van der Waals surface area contributed by atoms with Gasteiger partial charge in [-0.3, -0.25) is 14.5 Å². The molecule has 3 aromatic rings. The van der Waals surface area contributed by atoms with Gasteiger partial charge >= 0.3 is 0 Å². The summed E-state index contributed by atoms with van der Waals surface area (Å²) in [6.45, 7) is 5.88. The summed E-state index contributed by atoms with van der Waals surface area (Å²) in [6, 6.07) is 19.2. The summed E-state index contributed by atoms with van der Waals surface area (Å²) in [5, 5.41) is 11.6. The van der Waals surface area contributed by atoms with Gasteiger partial charge in [0.25, 0.3) is 11.7 Å². The number of Topliss-reactive ketones (excluding diaryl/α,β-unsaturated/α-hetero) is 1. The van der Waals surface area contributed by atoms with E-state index in [4.69, 9.17) is 9.47 Å². The van der Waals surface area contributed by atoms with Crippen molar-refractivity contribution in [3.8, 4) is 11.5 Å². The Morgan fingerprint density at radius 2 is 1.49 bits per heavy atom. The first-order valence-corrected chi connectivity index (χ1v) is 12.9. The number of hydrogen-bond acceptors (Lipinski definition) is 7. The Kier molecular flexibility index (Phi) is 8.14. The summed E-state index contributed by atoms with van der Waals surface area (Å²) in [5.41, 5.74) is 3.49. The molecule has 8 heteroatoms. The van der Waals surface area contributed by atoms with Crippen molar-refractivity contribution in [2.75, 3.05) is 56.1 Å². The number of carbonyl (C=O) groups is 2. The molecule has 1 fully saturated rings. The maximum atomic E-state index is 13.6. The lowest BCUT2D eigenvalue weighted by molar-refractivity contribution is -0.132. The third-order valence-electron chi connectivity index (χ3n) is 7.09. The molecule has 0 aromatic heterocycles. The fourth-order valence-electron chi connectivity index (χ4n) is 4.93. The molecular formula is C31H35N3O5. The Morgan fingerprint density at radius 3 is 2.03 bits per heavy atom. The Bertz CT molecular complexity index is 1380. The van der Waals surface area contributed by atoms with Crippen LogP contribution in [0.5, 0.6) is 11.5 Å². The van der Waals surface area contributed by atoms with E-state index in [-0.39, 0.29) is 16.9 Å². The minimum absolute atomic E-state index is 0.0150. The van der Waals surface area contributed by atoms with Gasteiger partial charge in [0.2, 0.25) is 0 Å². The van der Waals surface area contributed by atoms with E-state index in [0.717, 1.165) is 24.5 Å². The first-order chi connectivity index (χ1) is 18.7. The molecule has 39 heavy (non-hydrogen) atoms. The molecule has 3 aromatic carbocycles. The first-order valence-electron chi connectivity index (χ1n) is 12.9. The van der Waals surface area contributed by atoms with Crippen molar-refractivity contribution in [2.45, 2.75) is 19.9 Å². The van der Waals surface area contributed by atoms with Gasteiger partial charge in [0.1, 0.15) is 17.3 Å². The molecule has 0 bridgehead atoms. The van der Waals surface area contributed by atoms with Crippen LogP contribution in [0.15, 0.2) is 72.3 Å². The van der Waals surface area contributed by atoms with E-state index in [2.05, 4.69) is 18.7 Å². The zero-order valence-corrected chi connectivity index (χ0v) is 23.3. The van der Waals surface area contributed by atoms with Gasteiger partial charge in [-0.25, -0.2) is 0 Å². The topological polar surface area (TPSA) is 82.5 Å². The number of methoxy groups -OCH3 is 2. The van der Waals surface area contributed by atoms with E-state index in [0.29, 0.717) is 22.7 Å². The summed E-state index contributed by atoms with van der Waals surface area (Å²) in [5.74, 6) is -0.980. The number of aliphatic hydroxyl groups excluding tert-OH is 1. The van der Waals surface area contributed by atoms with Gasteiger partial charge in [-0.1, -0.05) is 12.1 Å². The molecule has 8 nitrogen and oxygen atoms in total. The molecule has 1 N–H and O–H groups in total. The highest BCUT2D eigenvalue weighted by Gasteiger charge is 2.47. The van der Waals surface area contributed by atoms with E-state index in [1.165, 1.54) is 19.1 Å². The number of rotatable bonds is 9. The van der Waals surface area contributed by atoms with E-state index in [1.54, 1.807) is 18.2 Å². The molecule has 1 aliphatic rings. The molecule has 0 spiro atoms. The average molecular weight is 530 g/mol. The maximum absolute atomic E-state index is 13.6. The van der Waals surface area contributed by atoms with Crippen molar-refractivity contribution < 1.29 is 24.2 Å². The van der Waals surface area contributed by atoms with Gasteiger partial charge in [0.15, 0.2) is 0 Å². The summed E-state index contributed by atoms with van der Waals surface area (Å²) >= 11 is 0. The monoisotopic (exact) mass is 529 g/mol. The van der Waals surface area contributed by atoms with Crippen LogP contribution in [0, 0.1) is 0 Å². The number of anilines is 3. The maximum Gasteiger partial charge on any atom is 0.300 e. The minimum atomic E-state index is -0.850. The fraction of sp³-hybridized carbons (Fsp3) is 0.290. The zero-order chi connectivity index (χ0) is 28.3. The number of benzene rings is 3. The van der Waals surface area contributed by atoms with Crippen molar-refractivity contribution in [3.63, 3.8) is 0 Å². The van der Waals surface area contributed by atoms with Crippen LogP contribution in [-0.2, 0) is 9.59 Å². The molecule has 1 heterocycles. The van der Waals surface area contributed by atoms with Crippen LogP contribution < -0.4 is 24.2 Å². The van der Waals surface area contributed by atoms with Gasteiger partial charge in [-0.15, -0.1) is 0 Å². The lowest BCUT2D eigenvalue weighted by Gasteiger charge is -2.27. The molecule has 0 saturated carbocycles. The number of ether oxygens (including phenoxy) is 2. The van der Waals surface area contributed by atoms with Gasteiger partial charge < -0.3 is 24.4 Å². The van der Waals surface area contributed by atoms with Crippen LogP contribution >= 0.6 is 0 Å². The molecular weight excluding hydrogens is 494 g/mol. The van der Waals surface area contributed by atoms with Crippen molar-refractivity contribution in [2.24, 2.45) is 0 Å². The third-order valence-corrected chi connectivity index (χ3v) is 7.09. The second-order valence-corrected chi connectivity index (χ2v) is 9.41. The fourth-order valence-corrected chi connectivity index (χ4v) is 4.93. The second kappa shape index (κ2) is 11.5. The van der Waals surface area contributed by atoms with Crippen molar-refractivity contribution in [1.29, 1.82) is 0 Å². The number of nitrogens with zero attached hydrogens (tertiary/aromatic N) is 3. The Balaban J connectivity index is 1.93. The normalized spacial score (nSPS) is 16.4. The summed E-state index contributed by atoms with van der Waals surface area (Å²) in [6.07, 6.45) is 0. The van der Waals surface area contributed by atoms with E-state index in [1.807, 2.05) is 67.5 Å². The Morgan fingerprint density at radius 1 is 0.872 bits per heavy atom. The Hall–Kier alpha value is -4.46. The number of carbonyl (C=O) groups excluding carboxylic acids is 2. The highest BCUT2D eigenvalue weighted by molar-refractivity contribution is 6.51. The quantitative estimate of drug-likeness (QED) is 0.231. The standard InChI is InChI=1S/C31H35N3O5/c1-7-33(8-2)22-11-9-20(10-12-22)28-27(29(35)25-19-24(38-5)17-18-26(25)39-6)30(36)31(37)34(28)23-15-13-21(14-16-23)32(3)4/h9-19,28,35H,7-8H2,1-6H3/b29-27+. The van der Waals surface area contributed by atoms with E-state index in [9.17, 15) is 14.7 Å². The van der Waals surface area contributed by atoms with Gasteiger partial charge in [0, 0.05) is 44.2 Å². The van der Waals surface area contributed by atoms with Crippen LogP contribution in [-0.4, -0.2) is 58.2 Å². The molecule has 204 valence electrons. The highest BCUT2D eigenvalue weighted by atomic mass is 16.5. The number of amides is 1.